The molecule has 0 heterocycles. The first-order chi connectivity index (χ1) is 16.7. The Hall–Kier alpha value is -1.20. The minimum atomic E-state index is -0.856. The Balaban J connectivity index is 1.63. The fourth-order valence-electron chi connectivity index (χ4n) is 10.8. The molecular formula is C31H48O5. The third-order valence-electron chi connectivity index (χ3n) is 13.2. The second-order valence-electron chi connectivity index (χ2n) is 15.0. The molecule has 202 valence electrons. The lowest BCUT2D eigenvalue weighted by molar-refractivity contribution is -0.218. The van der Waals surface area contributed by atoms with E-state index in [-0.39, 0.29) is 39.5 Å². The van der Waals surface area contributed by atoms with Gasteiger partial charge in [0.05, 0.1) is 24.7 Å². The quantitative estimate of drug-likeness (QED) is 0.298. The number of hydrogen-bond acceptors (Lipinski definition) is 5. The van der Waals surface area contributed by atoms with Crippen LogP contribution < -0.4 is 0 Å². The van der Waals surface area contributed by atoms with Crippen LogP contribution in [0, 0.1) is 50.2 Å². The van der Waals surface area contributed by atoms with Crippen molar-refractivity contribution in [3.8, 4) is 0 Å². The summed E-state index contributed by atoms with van der Waals surface area (Å²) in [5.74, 6) is 0.251. The molecule has 5 rings (SSSR count). The lowest BCUT2D eigenvalue weighted by Crippen LogP contribution is -2.68. The molecule has 0 aliphatic heterocycles. The number of allylic oxidation sites excluding steroid dienone is 2. The largest absolute Gasteiger partial charge is 0.468 e. The van der Waals surface area contributed by atoms with Gasteiger partial charge in [-0.3, -0.25) is 4.79 Å². The van der Waals surface area contributed by atoms with Crippen LogP contribution in [0.25, 0.3) is 0 Å². The van der Waals surface area contributed by atoms with Gasteiger partial charge < -0.3 is 19.7 Å². The van der Waals surface area contributed by atoms with Crippen molar-refractivity contribution >= 4 is 12.3 Å². The van der Waals surface area contributed by atoms with E-state index in [0.717, 1.165) is 44.8 Å². The molecule has 5 heteroatoms. The van der Waals surface area contributed by atoms with Crippen molar-refractivity contribution in [1.82, 2.24) is 0 Å². The minimum Gasteiger partial charge on any atom is -0.468 e. The fourth-order valence-corrected chi connectivity index (χ4v) is 10.8. The van der Waals surface area contributed by atoms with Gasteiger partial charge in [-0.25, -0.2) is 0 Å². The Morgan fingerprint density at radius 2 is 1.64 bits per heavy atom. The lowest BCUT2D eigenvalue weighted by Gasteiger charge is -2.71. The average Bonchev–Trinajstić information content (AvgIpc) is 2.81. The standard InChI is InChI=1S/C31H48O5/c1-26(2)14-15-31(25(35)36-7)20(16-26)19-8-9-22-27(3)12-11-23(33)28(4,18-32)21(27)10-13-29(22,5)30(19,6)17-24(31)34/h8,18,20-24,33-34H,9-17H2,1-7H3. The van der Waals surface area contributed by atoms with Gasteiger partial charge in [-0.15, -0.1) is 0 Å². The van der Waals surface area contributed by atoms with E-state index in [1.807, 2.05) is 6.92 Å². The van der Waals surface area contributed by atoms with E-state index in [1.54, 1.807) is 0 Å². The topological polar surface area (TPSA) is 83.8 Å². The Morgan fingerprint density at radius 3 is 2.28 bits per heavy atom. The number of aliphatic hydroxyl groups excluding tert-OH is 2. The van der Waals surface area contributed by atoms with Crippen LogP contribution in [0.1, 0.15) is 99.3 Å². The van der Waals surface area contributed by atoms with E-state index >= 15 is 0 Å². The normalized spacial score (nSPS) is 53.6. The molecule has 4 saturated carbocycles. The minimum absolute atomic E-state index is 0.0147. The van der Waals surface area contributed by atoms with Gasteiger partial charge in [0.2, 0.25) is 0 Å². The lowest BCUT2D eigenvalue weighted by atomic mass is 9.33. The van der Waals surface area contributed by atoms with E-state index < -0.39 is 23.0 Å². The first-order valence-electron chi connectivity index (χ1n) is 14.3. The molecule has 5 nitrogen and oxygen atoms in total. The number of methoxy groups -OCH3 is 1. The maximum atomic E-state index is 13.4. The zero-order chi connectivity index (χ0) is 26.5. The number of aliphatic hydroxyl groups is 2. The van der Waals surface area contributed by atoms with Crippen LogP contribution in [-0.2, 0) is 14.3 Å². The van der Waals surface area contributed by atoms with Crippen molar-refractivity contribution < 1.29 is 24.5 Å². The Bertz CT molecular complexity index is 985. The molecule has 5 aliphatic rings. The zero-order valence-electron chi connectivity index (χ0n) is 23.5. The molecule has 10 unspecified atom stereocenters. The average molecular weight is 501 g/mol. The highest BCUT2D eigenvalue weighted by molar-refractivity contribution is 5.79. The fraction of sp³-hybridized carbons (Fsp3) is 0.871. The number of hydrogen-bond donors (Lipinski definition) is 2. The number of aldehydes is 1. The van der Waals surface area contributed by atoms with Crippen LogP contribution in [0.3, 0.4) is 0 Å². The Kier molecular flexibility index (Phi) is 5.80. The van der Waals surface area contributed by atoms with Crippen LogP contribution in [0.2, 0.25) is 0 Å². The number of ether oxygens (including phenoxy) is 1. The summed E-state index contributed by atoms with van der Waals surface area (Å²) in [5, 5.41) is 22.8. The van der Waals surface area contributed by atoms with Crippen LogP contribution in [0.15, 0.2) is 11.6 Å². The monoisotopic (exact) mass is 500 g/mol. The van der Waals surface area contributed by atoms with Crippen LogP contribution >= 0.6 is 0 Å². The van der Waals surface area contributed by atoms with Gasteiger partial charge in [0.1, 0.15) is 11.7 Å². The molecule has 2 N–H and O–H groups in total. The Morgan fingerprint density at radius 1 is 0.944 bits per heavy atom. The van der Waals surface area contributed by atoms with Crippen molar-refractivity contribution in [3.63, 3.8) is 0 Å². The van der Waals surface area contributed by atoms with E-state index in [9.17, 15) is 19.8 Å². The highest BCUT2D eigenvalue weighted by Gasteiger charge is 2.71. The molecule has 36 heavy (non-hydrogen) atoms. The first kappa shape index (κ1) is 26.4. The van der Waals surface area contributed by atoms with Gasteiger partial charge in [0.15, 0.2) is 0 Å². The second kappa shape index (κ2) is 7.91. The highest BCUT2D eigenvalue weighted by atomic mass is 16.5. The summed E-state index contributed by atoms with van der Waals surface area (Å²) in [5.41, 5.74) is -0.426. The predicted molar refractivity (Wildman–Crippen MR) is 139 cm³/mol. The second-order valence-corrected chi connectivity index (χ2v) is 15.0. The number of rotatable bonds is 2. The van der Waals surface area contributed by atoms with Crippen molar-refractivity contribution in [2.45, 2.75) is 112 Å². The van der Waals surface area contributed by atoms with E-state index in [4.69, 9.17) is 4.74 Å². The third kappa shape index (κ3) is 3.02. The maximum Gasteiger partial charge on any atom is 0.315 e. The molecule has 5 aliphatic carbocycles. The SMILES string of the molecule is COC(=O)C12CCC(C)(C)CC1C1=CCC3C4(C)CCC(O)C(C)(C=O)C4CCC3(C)C1(C)CC2O. The molecule has 10 atom stereocenters. The van der Waals surface area contributed by atoms with Crippen molar-refractivity contribution in [2.75, 3.05) is 7.11 Å². The van der Waals surface area contributed by atoms with Gasteiger partial charge in [0, 0.05) is 0 Å². The van der Waals surface area contributed by atoms with Gasteiger partial charge in [-0.05, 0) is 97.2 Å². The predicted octanol–water partition coefficient (Wildman–Crippen LogP) is 5.47. The molecule has 0 aromatic heterocycles. The van der Waals surface area contributed by atoms with Crippen molar-refractivity contribution in [1.29, 1.82) is 0 Å². The first-order valence-corrected chi connectivity index (χ1v) is 14.3. The molecule has 0 saturated heterocycles. The smallest absolute Gasteiger partial charge is 0.315 e. The van der Waals surface area contributed by atoms with Crippen molar-refractivity contribution in [3.05, 3.63) is 11.6 Å². The van der Waals surface area contributed by atoms with Gasteiger partial charge >= 0.3 is 5.97 Å². The van der Waals surface area contributed by atoms with E-state index in [2.05, 4.69) is 40.7 Å². The number of carbonyl (C=O) groups excluding carboxylic acids is 2. The van der Waals surface area contributed by atoms with Gasteiger partial charge in [-0.2, -0.15) is 0 Å². The maximum absolute atomic E-state index is 13.4. The Labute approximate surface area is 217 Å². The number of esters is 1. The van der Waals surface area contributed by atoms with Gasteiger partial charge in [-0.1, -0.05) is 53.2 Å². The van der Waals surface area contributed by atoms with Crippen LogP contribution in [-0.4, -0.2) is 41.8 Å². The molecular weight excluding hydrogens is 452 g/mol. The summed E-state index contributed by atoms with van der Waals surface area (Å²) in [6.45, 7) is 13.7. The molecule has 0 aromatic carbocycles. The summed E-state index contributed by atoms with van der Waals surface area (Å²) < 4.78 is 5.38. The number of fused-ring (bicyclic) bond motifs is 7. The summed E-state index contributed by atoms with van der Waals surface area (Å²) in [6, 6.07) is 0. The third-order valence-corrected chi connectivity index (χ3v) is 13.2. The van der Waals surface area contributed by atoms with E-state index in [0.29, 0.717) is 25.2 Å². The molecule has 0 aromatic rings. The van der Waals surface area contributed by atoms with Crippen LogP contribution in [0.5, 0.6) is 0 Å². The molecule has 0 bridgehead atoms. The van der Waals surface area contributed by atoms with Crippen molar-refractivity contribution in [2.24, 2.45) is 50.2 Å². The molecule has 0 spiro atoms. The molecule has 0 radical (unpaired) electrons. The molecule has 4 fully saturated rings. The zero-order valence-corrected chi connectivity index (χ0v) is 23.5. The molecule has 0 amide bonds. The number of carbonyl (C=O) groups is 2. The summed E-state index contributed by atoms with van der Waals surface area (Å²) in [6.07, 6.45) is 9.60. The van der Waals surface area contributed by atoms with Crippen LogP contribution in [0.4, 0.5) is 0 Å². The van der Waals surface area contributed by atoms with Gasteiger partial charge in [0.25, 0.3) is 0 Å². The van der Waals surface area contributed by atoms with E-state index in [1.165, 1.54) is 12.7 Å². The summed E-state index contributed by atoms with van der Waals surface area (Å²) >= 11 is 0. The summed E-state index contributed by atoms with van der Waals surface area (Å²) in [4.78, 5) is 25.8. The highest BCUT2D eigenvalue weighted by Crippen LogP contribution is 2.75. The summed E-state index contributed by atoms with van der Waals surface area (Å²) in [7, 11) is 1.46.